The lowest BCUT2D eigenvalue weighted by Crippen LogP contribution is -2.26. The number of benzene rings is 1. The fourth-order valence-corrected chi connectivity index (χ4v) is 4.02. The number of aromatic nitrogens is 2. The van der Waals surface area contributed by atoms with Gasteiger partial charge in [-0.1, -0.05) is 18.2 Å². The third-order valence-corrected chi connectivity index (χ3v) is 5.46. The van der Waals surface area contributed by atoms with E-state index in [2.05, 4.69) is 16.1 Å². The van der Waals surface area contributed by atoms with E-state index in [-0.39, 0.29) is 11.9 Å². The highest BCUT2D eigenvalue weighted by atomic mass is 19.1. The quantitative estimate of drug-likeness (QED) is 0.382. The van der Waals surface area contributed by atoms with Gasteiger partial charge in [0, 0.05) is 30.4 Å². The highest BCUT2D eigenvalue weighted by Gasteiger charge is 2.28. The van der Waals surface area contributed by atoms with Crippen molar-refractivity contribution in [3.05, 3.63) is 77.4 Å². The summed E-state index contributed by atoms with van der Waals surface area (Å²) in [5, 5.41) is 12.9. The molecule has 1 fully saturated rings. The van der Waals surface area contributed by atoms with E-state index in [1.54, 1.807) is 12.1 Å². The molecule has 4 rings (SSSR count). The van der Waals surface area contributed by atoms with Crippen LogP contribution in [0, 0.1) is 5.82 Å². The summed E-state index contributed by atoms with van der Waals surface area (Å²) in [5.74, 6) is -0.923. The van der Waals surface area contributed by atoms with Crippen molar-refractivity contribution in [1.82, 2.24) is 20.0 Å². The molecule has 150 valence electrons. The van der Waals surface area contributed by atoms with E-state index in [9.17, 15) is 9.18 Å². The Morgan fingerprint density at radius 3 is 3.07 bits per heavy atom. The molecule has 2 N–H and O–H groups in total. The number of carbonyl (C=O) groups excluding carboxylic acids is 1. The summed E-state index contributed by atoms with van der Waals surface area (Å²) in [6, 6.07) is 11.1. The largest absolute Gasteiger partial charge is 0.296 e. The monoisotopic (exact) mass is 394 g/mol. The number of carbonyl (C=O) groups is 1. The van der Waals surface area contributed by atoms with E-state index >= 15 is 0 Å². The molecular formula is C22H23FN4O2. The zero-order valence-electron chi connectivity index (χ0n) is 16.0. The maximum Gasteiger partial charge on any atom is 0.267 e. The van der Waals surface area contributed by atoms with Crippen molar-refractivity contribution in [2.24, 2.45) is 0 Å². The fraction of sp³-hybridized carbons (Fsp3) is 0.273. The number of hydrogen-bond acceptors (Lipinski definition) is 4. The summed E-state index contributed by atoms with van der Waals surface area (Å²) in [6.45, 7) is 1.79. The van der Waals surface area contributed by atoms with Gasteiger partial charge < -0.3 is 0 Å². The van der Waals surface area contributed by atoms with Gasteiger partial charge in [-0.3, -0.25) is 14.9 Å². The Balaban J connectivity index is 1.46. The number of nitrogens with zero attached hydrogens (tertiary/aromatic N) is 3. The highest BCUT2D eigenvalue weighted by molar-refractivity contribution is 5.90. The fourth-order valence-electron chi connectivity index (χ4n) is 4.02. The molecule has 1 saturated heterocycles. The van der Waals surface area contributed by atoms with Gasteiger partial charge in [-0.15, -0.1) is 0 Å². The van der Waals surface area contributed by atoms with E-state index < -0.39 is 5.91 Å². The molecule has 7 heteroatoms. The van der Waals surface area contributed by atoms with Crippen LogP contribution < -0.4 is 5.48 Å². The SMILES string of the molecule is O=C(C=Cc1ccc([C@@H]2CCCN2CCc2cnn3ccccc23)c(F)c1)NO. The van der Waals surface area contributed by atoms with Crippen LogP contribution in [0.1, 0.15) is 35.6 Å². The molecule has 1 atom stereocenters. The van der Waals surface area contributed by atoms with Crippen LogP contribution in [0.15, 0.2) is 54.9 Å². The average Bonchev–Trinajstić information content (AvgIpc) is 3.37. The molecule has 6 nitrogen and oxygen atoms in total. The minimum absolute atomic E-state index is 0.0515. The van der Waals surface area contributed by atoms with Gasteiger partial charge in [0.2, 0.25) is 0 Å². The summed E-state index contributed by atoms with van der Waals surface area (Å²) >= 11 is 0. The zero-order chi connectivity index (χ0) is 20.2. The molecule has 3 heterocycles. The Hall–Kier alpha value is -3.03. The summed E-state index contributed by atoms with van der Waals surface area (Å²) in [7, 11) is 0. The van der Waals surface area contributed by atoms with Gasteiger partial charge in [0.05, 0.1) is 11.7 Å². The summed E-state index contributed by atoms with van der Waals surface area (Å²) in [6.07, 6.45) is 9.30. The van der Waals surface area contributed by atoms with Crippen molar-refractivity contribution < 1.29 is 14.4 Å². The predicted molar refractivity (Wildman–Crippen MR) is 108 cm³/mol. The van der Waals surface area contributed by atoms with E-state index in [4.69, 9.17) is 5.21 Å². The number of pyridine rings is 1. The van der Waals surface area contributed by atoms with Gasteiger partial charge in [0.15, 0.2) is 0 Å². The molecule has 1 aromatic carbocycles. The topological polar surface area (TPSA) is 69.9 Å². The van der Waals surface area contributed by atoms with Gasteiger partial charge in [-0.25, -0.2) is 14.4 Å². The van der Waals surface area contributed by atoms with E-state index in [0.717, 1.165) is 43.9 Å². The molecule has 1 aliphatic heterocycles. The van der Waals surface area contributed by atoms with Gasteiger partial charge in [0.25, 0.3) is 5.91 Å². The van der Waals surface area contributed by atoms with Gasteiger partial charge >= 0.3 is 0 Å². The number of hydrogen-bond donors (Lipinski definition) is 2. The normalized spacial score (nSPS) is 17.4. The number of likely N-dealkylation sites (tertiary alicyclic amines) is 1. The van der Waals surface area contributed by atoms with Crippen LogP contribution in [0.5, 0.6) is 0 Å². The Bertz CT molecular complexity index is 1050. The summed E-state index contributed by atoms with van der Waals surface area (Å²) < 4.78 is 16.7. The molecule has 0 saturated carbocycles. The third kappa shape index (κ3) is 4.21. The smallest absolute Gasteiger partial charge is 0.267 e. The van der Waals surface area contributed by atoms with Crippen molar-refractivity contribution in [3.63, 3.8) is 0 Å². The minimum Gasteiger partial charge on any atom is -0.296 e. The van der Waals surface area contributed by atoms with E-state index in [1.807, 2.05) is 29.0 Å². The first-order valence-electron chi connectivity index (χ1n) is 9.72. The van der Waals surface area contributed by atoms with Crippen LogP contribution in [-0.4, -0.2) is 38.7 Å². The predicted octanol–water partition coefficient (Wildman–Crippen LogP) is 3.37. The van der Waals surface area contributed by atoms with Crippen LogP contribution in [-0.2, 0) is 11.2 Å². The number of hydroxylamine groups is 1. The van der Waals surface area contributed by atoms with Gasteiger partial charge in [-0.05, 0) is 61.2 Å². The Labute approximate surface area is 168 Å². The van der Waals surface area contributed by atoms with E-state index in [0.29, 0.717) is 11.1 Å². The molecule has 1 amide bonds. The molecule has 3 aromatic rings. The highest BCUT2D eigenvalue weighted by Crippen LogP contribution is 2.34. The lowest BCUT2D eigenvalue weighted by atomic mass is 10.0. The maximum atomic E-state index is 14.8. The Kier molecular flexibility index (Phi) is 5.69. The summed E-state index contributed by atoms with van der Waals surface area (Å²) in [5.41, 5.74) is 5.08. The Morgan fingerprint density at radius 2 is 2.24 bits per heavy atom. The standard InChI is InChI=1S/C22H23FN4O2/c23-19-14-16(7-9-22(28)25-29)6-8-18(19)21-5-3-11-26(21)13-10-17-15-24-27-12-2-1-4-20(17)27/h1-2,4,6-9,12,14-15,21,29H,3,5,10-11,13H2,(H,25,28)/t21-/m0/s1. The average molecular weight is 394 g/mol. The van der Waals surface area contributed by atoms with Crippen LogP contribution in [0.4, 0.5) is 4.39 Å². The number of rotatable bonds is 6. The van der Waals surface area contributed by atoms with Crippen LogP contribution in [0.25, 0.3) is 11.6 Å². The van der Waals surface area contributed by atoms with Crippen LogP contribution in [0.3, 0.4) is 0 Å². The number of nitrogens with one attached hydrogen (secondary N) is 1. The first-order valence-corrected chi connectivity index (χ1v) is 9.72. The van der Waals surface area contributed by atoms with E-state index in [1.165, 1.54) is 23.2 Å². The second-order valence-corrected chi connectivity index (χ2v) is 7.23. The molecule has 1 aliphatic rings. The lowest BCUT2D eigenvalue weighted by Gasteiger charge is -2.25. The second-order valence-electron chi connectivity index (χ2n) is 7.23. The van der Waals surface area contributed by atoms with Gasteiger partial charge in [0.1, 0.15) is 5.82 Å². The van der Waals surface area contributed by atoms with Crippen molar-refractivity contribution in [1.29, 1.82) is 0 Å². The van der Waals surface area contributed by atoms with Crippen molar-refractivity contribution in [3.8, 4) is 0 Å². The van der Waals surface area contributed by atoms with Crippen molar-refractivity contribution >= 4 is 17.5 Å². The number of amides is 1. The number of fused-ring (bicyclic) bond motifs is 1. The zero-order valence-corrected chi connectivity index (χ0v) is 16.0. The molecule has 0 radical (unpaired) electrons. The van der Waals surface area contributed by atoms with Crippen LogP contribution in [0.2, 0.25) is 0 Å². The summed E-state index contributed by atoms with van der Waals surface area (Å²) in [4.78, 5) is 13.4. The minimum atomic E-state index is -0.649. The number of halogens is 1. The van der Waals surface area contributed by atoms with Crippen molar-refractivity contribution in [2.45, 2.75) is 25.3 Å². The maximum absolute atomic E-state index is 14.8. The molecule has 0 bridgehead atoms. The molecule has 2 aromatic heterocycles. The second kappa shape index (κ2) is 8.55. The molecule has 29 heavy (non-hydrogen) atoms. The molecule has 0 unspecified atom stereocenters. The third-order valence-electron chi connectivity index (χ3n) is 5.46. The first kappa shape index (κ1) is 19.3. The molecule has 0 aliphatic carbocycles. The first-order chi connectivity index (χ1) is 14.2. The van der Waals surface area contributed by atoms with Crippen LogP contribution >= 0.6 is 0 Å². The lowest BCUT2D eigenvalue weighted by molar-refractivity contribution is -0.124. The molecular weight excluding hydrogens is 371 g/mol. The Morgan fingerprint density at radius 1 is 1.34 bits per heavy atom. The van der Waals surface area contributed by atoms with Crippen molar-refractivity contribution in [2.75, 3.05) is 13.1 Å². The van der Waals surface area contributed by atoms with Gasteiger partial charge in [-0.2, -0.15) is 5.10 Å². The molecule has 0 spiro atoms.